The first-order chi connectivity index (χ1) is 14.0. The fourth-order valence-electron chi connectivity index (χ4n) is 3.84. The van der Waals surface area contributed by atoms with Crippen molar-refractivity contribution >= 4 is 28.8 Å². The molecule has 1 aliphatic rings. The number of thiophene rings is 1. The number of aromatic nitrogens is 2. The summed E-state index contributed by atoms with van der Waals surface area (Å²) in [6.45, 7) is 8.71. The molecule has 29 heavy (non-hydrogen) atoms. The summed E-state index contributed by atoms with van der Waals surface area (Å²) in [5.41, 5.74) is 3.67. The van der Waals surface area contributed by atoms with E-state index in [0.717, 1.165) is 54.0 Å². The predicted molar refractivity (Wildman–Crippen MR) is 118 cm³/mol. The number of amides is 1. The second kappa shape index (κ2) is 8.69. The lowest BCUT2D eigenvalue weighted by molar-refractivity contribution is 0.0628. The highest BCUT2D eigenvalue weighted by Gasteiger charge is 2.27. The number of carbonyl (C=O) groups is 1. The zero-order valence-corrected chi connectivity index (χ0v) is 18.3. The highest BCUT2D eigenvalue weighted by Crippen LogP contribution is 2.24. The van der Waals surface area contributed by atoms with Gasteiger partial charge in [-0.15, -0.1) is 11.3 Å². The van der Waals surface area contributed by atoms with Crippen LogP contribution in [0.2, 0.25) is 4.34 Å². The monoisotopic (exact) mass is 428 g/mol. The number of piperazine rings is 1. The topological polar surface area (TPSA) is 41.4 Å². The van der Waals surface area contributed by atoms with E-state index < -0.39 is 0 Å². The largest absolute Gasteiger partial charge is 0.336 e. The Bertz CT molecular complexity index is 990. The van der Waals surface area contributed by atoms with E-state index in [2.05, 4.69) is 28.2 Å². The number of aryl methyl sites for hydroxylation is 1. The zero-order chi connectivity index (χ0) is 20.4. The van der Waals surface area contributed by atoms with Gasteiger partial charge < -0.3 is 4.90 Å². The van der Waals surface area contributed by atoms with Crippen LogP contribution in [0.1, 0.15) is 32.2 Å². The van der Waals surface area contributed by atoms with Gasteiger partial charge in [0.15, 0.2) is 0 Å². The second-order valence-corrected chi connectivity index (χ2v) is 9.26. The fourth-order valence-corrected chi connectivity index (χ4v) is 4.97. The third-order valence-corrected chi connectivity index (χ3v) is 6.65. The van der Waals surface area contributed by atoms with Gasteiger partial charge in [0.25, 0.3) is 5.91 Å². The molecule has 0 radical (unpaired) electrons. The lowest BCUT2D eigenvalue weighted by Crippen LogP contribution is -2.48. The summed E-state index contributed by atoms with van der Waals surface area (Å²) in [4.78, 5) is 18.8. The van der Waals surface area contributed by atoms with E-state index >= 15 is 0 Å². The number of hydrogen-bond acceptors (Lipinski definition) is 4. The molecule has 5 nitrogen and oxygen atoms in total. The molecule has 0 bridgehead atoms. The molecule has 4 rings (SSSR count). The standard InChI is InChI=1S/C22H25ClN4OS/c1-16-21(17(2)27(24-16)14-18-6-4-3-5-7-18)22(28)26-12-10-25(11-13-26)15-19-8-9-20(23)29-19/h3-9H,10-15H2,1-2H3. The van der Waals surface area contributed by atoms with E-state index in [4.69, 9.17) is 11.6 Å². The van der Waals surface area contributed by atoms with Crippen LogP contribution >= 0.6 is 22.9 Å². The molecular formula is C22H25ClN4OS. The molecular weight excluding hydrogens is 404 g/mol. The summed E-state index contributed by atoms with van der Waals surface area (Å²) in [6, 6.07) is 14.2. The highest BCUT2D eigenvalue weighted by atomic mass is 35.5. The number of halogens is 1. The van der Waals surface area contributed by atoms with Crippen molar-refractivity contribution in [3.05, 3.63) is 74.2 Å². The van der Waals surface area contributed by atoms with Gasteiger partial charge >= 0.3 is 0 Å². The van der Waals surface area contributed by atoms with Crippen molar-refractivity contribution in [2.75, 3.05) is 26.2 Å². The van der Waals surface area contributed by atoms with Gasteiger partial charge in [-0.2, -0.15) is 5.10 Å². The Morgan fingerprint density at radius 1 is 1.03 bits per heavy atom. The Morgan fingerprint density at radius 3 is 2.41 bits per heavy atom. The average Bonchev–Trinajstić information content (AvgIpc) is 3.25. The van der Waals surface area contributed by atoms with E-state index in [9.17, 15) is 4.79 Å². The Morgan fingerprint density at radius 2 is 1.76 bits per heavy atom. The molecule has 0 spiro atoms. The first-order valence-electron chi connectivity index (χ1n) is 9.85. The van der Waals surface area contributed by atoms with Gasteiger partial charge in [-0.1, -0.05) is 41.9 Å². The first-order valence-corrected chi connectivity index (χ1v) is 11.0. The SMILES string of the molecule is Cc1nn(Cc2ccccc2)c(C)c1C(=O)N1CCN(Cc2ccc(Cl)s2)CC1. The Labute approximate surface area is 180 Å². The smallest absolute Gasteiger partial charge is 0.257 e. The third-order valence-electron chi connectivity index (χ3n) is 5.44. The quantitative estimate of drug-likeness (QED) is 0.610. The Balaban J connectivity index is 1.41. The summed E-state index contributed by atoms with van der Waals surface area (Å²) in [6.07, 6.45) is 0. The summed E-state index contributed by atoms with van der Waals surface area (Å²) >= 11 is 7.66. The molecule has 0 unspecified atom stereocenters. The predicted octanol–water partition coefficient (Wildman–Crippen LogP) is 4.22. The van der Waals surface area contributed by atoms with E-state index in [1.54, 1.807) is 11.3 Å². The number of benzene rings is 1. The molecule has 3 aromatic rings. The van der Waals surface area contributed by atoms with E-state index in [1.807, 2.05) is 47.7 Å². The van der Waals surface area contributed by atoms with E-state index in [1.165, 1.54) is 10.4 Å². The summed E-state index contributed by atoms with van der Waals surface area (Å²) in [5, 5.41) is 4.64. The number of carbonyl (C=O) groups excluding carboxylic acids is 1. The van der Waals surface area contributed by atoms with Crippen molar-refractivity contribution in [2.45, 2.75) is 26.9 Å². The van der Waals surface area contributed by atoms with Crippen LogP contribution in [0, 0.1) is 13.8 Å². The minimum Gasteiger partial charge on any atom is -0.336 e. The average molecular weight is 429 g/mol. The fraction of sp³-hybridized carbons (Fsp3) is 0.364. The van der Waals surface area contributed by atoms with Gasteiger partial charge in [0.05, 0.1) is 22.1 Å². The van der Waals surface area contributed by atoms with Gasteiger partial charge in [0, 0.05) is 43.3 Å². The normalized spacial score (nSPS) is 15.1. The van der Waals surface area contributed by atoms with Crippen LogP contribution in [0.4, 0.5) is 0 Å². The van der Waals surface area contributed by atoms with Crippen molar-refractivity contribution in [3.8, 4) is 0 Å². The number of rotatable bonds is 5. The highest BCUT2D eigenvalue weighted by molar-refractivity contribution is 7.16. The molecule has 152 valence electrons. The van der Waals surface area contributed by atoms with E-state index in [0.29, 0.717) is 6.54 Å². The van der Waals surface area contributed by atoms with Crippen molar-refractivity contribution in [3.63, 3.8) is 0 Å². The van der Waals surface area contributed by atoms with E-state index in [-0.39, 0.29) is 5.91 Å². The molecule has 3 heterocycles. The number of nitrogens with zero attached hydrogens (tertiary/aromatic N) is 4. The van der Waals surface area contributed by atoms with Crippen LogP contribution in [0.3, 0.4) is 0 Å². The van der Waals surface area contributed by atoms with Gasteiger partial charge in [0.1, 0.15) is 0 Å². The van der Waals surface area contributed by atoms with Crippen LogP contribution in [-0.4, -0.2) is 51.7 Å². The van der Waals surface area contributed by atoms with Gasteiger partial charge in [0.2, 0.25) is 0 Å². The maximum absolute atomic E-state index is 13.2. The van der Waals surface area contributed by atoms with Gasteiger partial charge in [-0.05, 0) is 31.5 Å². The van der Waals surface area contributed by atoms with Crippen molar-refractivity contribution < 1.29 is 4.79 Å². The molecule has 1 aromatic carbocycles. The second-order valence-electron chi connectivity index (χ2n) is 7.46. The summed E-state index contributed by atoms with van der Waals surface area (Å²) in [7, 11) is 0. The molecule has 7 heteroatoms. The maximum atomic E-state index is 13.2. The maximum Gasteiger partial charge on any atom is 0.257 e. The lowest BCUT2D eigenvalue weighted by atomic mass is 10.1. The molecule has 0 N–H and O–H groups in total. The Kier molecular flexibility index (Phi) is 6.04. The third kappa shape index (κ3) is 4.55. The molecule has 0 aliphatic carbocycles. The van der Waals surface area contributed by atoms with Gasteiger partial charge in [-0.3, -0.25) is 14.4 Å². The molecule has 1 aliphatic heterocycles. The summed E-state index contributed by atoms with van der Waals surface area (Å²) in [5.74, 6) is 0.0955. The van der Waals surface area contributed by atoms with Crippen LogP contribution in [-0.2, 0) is 13.1 Å². The molecule has 0 atom stereocenters. The minimum atomic E-state index is 0.0955. The summed E-state index contributed by atoms with van der Waals surface area (Å²) < 4.78 is 2.77. The number of hydrogen-bond donors (Lipinski definition) is 0. The van der Waals surface area contributed by atoms with Crippen LogP contribution in [0.25, 0.3) is 0 Å². The van der Waals surface area contributed by atoms with Crippen molar-refractivity contribution in [2.24, 2.45) is 0 Å². The van der Waals surface area contributed by atoms with Crippen LogP contribution < -0.4 is 0 Å². The van der Waals surface area contributed by atoms with Gasteiger partial charge in [-0.25, -0.2) is 0 Å². The molecule has 1 fully saturated rings. The minimum absolute atomic E-state index is 0.0955. The first kappa shape index (κ1) is 20.1. The molecule has 1 saturated heterocycles. The van der Waals surface area contributed by atoms with Crippen LogP contribution in [0.15, 0.2) is 42.5 Å². The lowest BCUT2D eigenvalue weighted by Gasteiger charge is -2.34. The van der Waals surface area contributed by atoms with Crippen molar-refractivity contribution in [1.29, 1.82) is 0 Å². The van der Waals surface area contributed by atoms with Crippen molar-refractivity contribution in [1.82, 2.24) is 19.6 Å². The molecule has 2 aromatic heterocycles. The molecule has 1 amide bonds. The zero-order valence-electron chi connectivity index (χ0n) is 16.8. The molecule has 0 saturated carbocycles. The Hall–Kier alpha value is -2.15. The van der Waals surface area contributed by atoms with Crippen LogP contribution in [0.5, 0.6) is 0 Å².